The quantitative estimate of drug-likeness (QED) is 0.710. The van der Waals surface area contributed by atoms with E-state index in [9.17, 15) is 9.90 Å². The lowest BCUT2D eigenvalue weighted by Crippen LogP contribution is -2.05. The Bertz CT molecular complexity index is 772. The number of rotatable bonds is 1. The Morgan fingerprint density at radius 1 is 1.33 bits per heavy atom. The summed E-state index contributed by atoms with van der Waals surface area (Å²) in [6.45, 7) is 1.81. The molecule has 0 bridgehead atoms. The minimum atomic E-state index is -0.331. The zero-order valence-corrected chi connectivity index (χ0v) is 9.51. The lowest BCUT2D eigenvalue weighted by molar-refractivity contribution is 0.422. The van der Waals surface area contributed by atoms with Crippen molar-refractivity contribution in [1.82, 2.24) is 5.16 Å². The van der Waals surface area contributed by atoms with Crippen LogP contribution in [-0.4, -0.2) is 10.3 Å². The molecule has 0 fully saturated rings. The number of benzene rings is 1. The van der Waals surface area contributed by atoms with E-state index in [0.29, 0.717) is 11.3 Å². The first kappa shape index (κ1) is 10.6. The Morgan fingerprint density at radius 3 is 2.89 bits per heavy atom. The van der Waals surface area contributed by atoms with Gasteiger partial charge in [-0.05, 0) is 24.6 Å². The van der Waals surface area contributed by atoms with E-state index >= 15 is 0 Å². The Balaban J connectivity index is 2.40. The van der Waals surface area contributed by atoms with E-state index in [-0.39, 0.29) is 22.1 Å². The van der Waals surface area contributed by atoms with Crippen LogP contribution in [-0.2, 0) is 0 Å². The predicted molar refractivity (Wildman–Crippen MR) is 64.4 cm³/mol. The molecular formula is C13H9NO4. The lowest BCUT2D eigenvalue weighted by atomic mass is 10.1. The standard InChI is InChI=1S/C13H9NO4/c1-7-4-10(15)12-11(5-7)17-6-8(13(12)16)9-2-3-18-14-9/h2-6,15H,1H3. The summed E-state index contributed by atoms with van der Waals surface area (Å²) in [5.74, 6) is -0.0934. The fourth-order valence-electron chi connectivity index (χ4n) is 1.89. The molecule has 0 amide bonds. The molecule has 3 aromatic rings. The van der Waals surface area contributed by atoms with Gasteiger partial charge in [0.15, 0.2) is 0 Å². The van der Waals surface area contributed by atoms with Gasteiger partial charge in [-0.3, -0.25) is 4.79 Å². The first-order valence-corrected chi connectivity index (χ1v) is 5.32. The zero-order valence-electron chi connectivity index (χ0n) is 9.51. The Hall–Kier alpha value is -2.56. The van der Waals surface area contributed by atoms with E-state index in [4.69, 9.17) is 8.94 Å². The lowest BCUT2D eigenvalue weighted by Gasteiger charge is -2.03. The van der Waals surface area contributed by atoms with Crippen LogP contribution in [0.2, 0.25) is 0 Å². The minimum Gasteiger partial charge on any atom is -0.507 e. The molecule has 1 aromatic carbocycles. The molecule has 18 heavy (non-hydrogen) atoms. The monoisotopic (exact) mass is 243 g/mol. The highest BCUT2D eigenvalue weighted by Gasteiger charge is 2.14. The molecule has 0 radical (unpaired) electrons. The molecule has 3 rings (SSSR count). The molecule has 0 spiro atoms. The van der Waals surface area contributed by atoms with Crippen molar-refractivity contribution in [1.29, 1.82) is 0 Å². The summed E-state index contributed by atoms with van der Waals surface area (Å²) in [6, 6.07) is 4.78. The van der Waals surface area contributed by atoms with Gasteiger partial charge in [-0.1, -0.05) is 5.16 Å². The summed E-state index contributed by atoms with van der Waals surface area (Å²) < 4.78 is 10.1. The van der Waals surface area contributed by atoms with Crippen molar-refractivity contribution in [2.24, 2.45) is 0 Å². The molecule has 0 atom stereocenters. The van der Waals surface area contributed by atoms with Crippen LogP contribution in [0.4, 0.5) is 0 Å². The van der Waals surface area contributed by atoms with Crippen molar-refractivity contribution >= 4 is 11.0 Å². The largest absolute Gasteiger partial charge is 0.507 e. The van der Waals surface area contributed by atoms with Gasteiger partial charge >= 0.3 is 0 Å². The summed E-state index contributed by atoms with van der Waals surface area (Å²) in [5.41, 5.74) is 1.48. The van der Waals surface area contributed by atoms with Crippen molar-refractivity contribution < 1.29 is 14.0 Å². The van der Waals surface area contributed by atoms with Crippen LogP contribution in [0, 0.1) is 6.92 Å². The summed E-state index contributed by atoms with van der Waals surface area (Å²) in [5, 5.41) is 13.7. The third kappa shape index (κ3) is 1.48. The highest BCUT2D eigenvalue weighted by molar-refractivity contribution is 5.86. The first-order valence-electron chi connectivity index (χ1n) is 5.32. The molecule has 0 aliphatic rings. The zero-order chi connectivity index (χ0) is 12.7. The Kier molecular flexibility index (Phi) is 2.19. The Labute approximate surface area is 101 Å². The average molecular weight is 243 g/mol. The number of hydrogen-bond acceptors (Lipinski definition) is 5. The van der Waals surface area contributed by atoms with Gasteiger partial charge in [-0.2, -0.15) is 0 Å². The van der Waals surface area contributed by atoms with Crippen molar-refractivity contribution in [2.75, 3.05) is 0 Å². The maximum Gasteiger partial charge on any atom is 0.205 e. The van der Waals surface area contributed by atoms with E-state index in [0.717, 1.165) is 5.56 Å². The molecular weight excluding hydrogens is 234 g/mol. The van der Waals surface area contributed by atoms with Crippen LogP contribution < -0.4 is 5.43 Å². The summed E-state index contributed by atoms with van der Waals surface area (Å²) in [4.78, 5) is 12.3. The van der Waals surface area contributed by atoms with Crippen molar-refractivity contribution in [3.8, 4) is 17.0 Å². The van der Waals surface area contributed by atoms with Crippen LogP contribution in [0.25, 0.3) is 22.2 Å². The van der Waals surface area contributed by atoms with Gasteiger partial charge in [-0.25, -0.2) is 0 Å². The highest BCUT2D eigenvalue weighted by Crippen LogP contribution is 2.26. The molecule has 5 heteroatoms. The predicted octanol–water partition coefficient (Wildman–Crippen LogP) is 2.46. The van der Waals surface area contributed by atoms with Gasteiger partial charge in [0.2, 0.25) is 5.43 Å². The van der Waals surface area contributed by atoms with E-state index in [1.165, 1.54) is 18.6 Å². The fourth-order valence-corrected chi connectivity index (χ4v) is 1.89. The number of phenolic OH excluding ortho intramolecular Hbond substituents is 1. The normalized spacial score (nSPS) is 10.9. The summed E-state index contributed by atoms with van der Waals surface area (Å²) >= 11 is 0. The molecule has 0 aliphatic heterocycles. The van der Waals surface area contributed by atoms with Crippen LogP contribution >= 0.6 is 0 Å². The van der Waals surface area contributed by atoms with Crippen LogP contribution in [0.5, 0.6) is 5.75 Å². The molecule has 0 aliphatic carbocycles. The van der Waals surface area contributed by atoms with Crippen molar-refractivity contribution in [2.45, 2.75) is 6.92 Å². The fraction of sp³-hybridized carbons (Fsp3) is 0.0769. The van der Waals surface area contributed by atoms with E-state index in [1.807, 2.05) is 6.92 Å². The number of aromatic nitrogens is 1. The molecule has 0 unspecified atom stereocenters. The number of phenols is 1. The van der Waals surface area contributed by atoms with Gasteiger partial charge in [0.25, 0.3) is 0 Å². The molecule has 2 aromatic heterocycles. The van der Waals surface area contributed by atoms with Gasteiger partial charge in [0.1, 0.15) is 34.9 Å². The number of aromatic hydroxyl groups is 1. The molecule has 2 heterocycles. The van der Waals surface area contributed by atoms with E-state index in [1.54, 1.807) is 12.1 Å². The average Bonchev–Trinajstić information content (AvgIpc) is 2.81. The smallest absolute Gasteiger partial charge is 0.205 e. The second-order valence-corrected chi connectivity index (χ2v) is 4.02. The third-order valence-corrected chi connectivity index (χ3v) is 2.71. The first-order chi connectivity index (χ1) is 8.66. The minimum absolute atomic E-state index is 0.0934. The van der Waals surface area contributed by atoms with Crippen LogP contribution in [0.1, 0.15) is 5.56 Å². The van der Waals surface area contributed by atoms with E-state index in [2.05, 4.69) is 5.16 Å². The van der Waals surface area contributed by atoms with E-state index < -0.39 is 0 Å². The topological polar surface area (TPSA) is 76.5 Å². The van der Waals surface area contributed by atoms with Gasteiger partial charge in [0, 0.05) is 6.07 Å². The van der Waals surface area contributed by atoms with Crippen molar-refractivity contribution in [3.63, 3.8) is 0 Å². The highest BCUT2D eigenvalue weighted by atomic mass is 16.5. The van der Waals surface area contributed by atoms with Gasteiger partial charge in [-0.15, -0.1) is 0 Å². The molecule has 1 N–H and O–H groups in total. The van der Waals surface area contributed by atoms with Gasteiger partial charge < -0.3 is 14.0 Å². The van der Waals surface area contributed by atoms with Gasteiger partial charge in [0.05, 0.1) is 5.56 Å². The summed E-state index contributed by atoms with van der Waals surface area (Å²) in [6.07, 6.45) is 2.69. The Morgan fingerprint density at radius 2 is 2.17 bits per heavy atom. The molecule has 90 valence electrons. The number of hydrogen-bond donors (Lipinski definition) is 1. The van der Waals surface area contributed by atoms with Crippen LogP contribution in [0.3, 0.4) is 0 Å². The maximum atomic E-state index is 12.3. The molecule has 0 saturated carbocycles. The third-order valence-electron chi connectivity index (χ3n) is 2.71. The summed E-state index contributed by atoms with van der Waals surface area (Å²) in [7, 11) is 0. The number of fused-ring (bicyclic) bond motifs is 1. The number of nitrogens with zero attached hydrogens (tertiary/aromatic N) is 1. The number of aryl methyl sites for hydroxylation is 1. The molecule has 0 saturated heterocycles. The van der Waals surface area contributed by atoms with Crippen molar-refractivity contribution in [3.05, 3.63) is 46.5 Å². The SMILES string of the molecule is Cc1cc(O)c2c(=O)c(-c3ccon3)coc2c1. The van der Waals surface area contributed by atoms with Crippen LogP contribution in [0.15, 0.2) is 44.5 Å². The maximum absolute atomic E-state index is 12.3. The second-order valence-electron chi connectivity index (χ2n) is 4.02. The molecule has 5 nitrogen and oxygen atoms in total. The second kappa shape index (κ2) is 3.73.